The van der Waals surface area contributed by atoms with Crippen LogP contribution in [0, 0.1) is 0 Å². The summed E-state index contributed by atoms with van der Waals surface area (Å²) in [6.45, 7) is 0. The van der Waals surface area contributed by atoms with Crippen LogP contribution in [0.4, 0.5) is 0 Å². The Kier molecular flexibility index (Phi) is 5.43. The third-order valence-corrected chi connectivity index (χ3v) is 8.63. The number of hydrogen-bond acceptors (Lipinski definition) is 5. The van der Waals surface area contributed by atoms with Crippen molar-refractivity contribution in [2.45, 2.75) is 0 Å². The van der Waals surface area contributed by atoms with Crippen molar-refractivity contribution in [3.63, 3.8) is 0 Å². The number of aromatic nitrogens is 5. The van der Waals surface area contributed by atoms with Crippen LogP contribution < -0.4 is 0 Å². The monoisotopic (exact) mass is 561 g/mol. The Morgan fingerprint density at radius 1 is 0.386 bits per heavy atom. The number of pyridine rings is 1. The van der Waals surface area contributed by atoms with Crippen molar-refractivity contribution >= 4 is 43.2 Å². The number of nitrogens with zero attached hydrogens (tertiary/aromatic N) is 5. The minimum atomic E-state index is 0.958. The summed E-state index contributed by atoms with van der Waals surface area (Å²) in [5.41, 5.74) is 9.70. The first-order valence-electron chi connectivity index (χ1n) is 14.5. The van der Waals surface area contributed by atoms with Crippen LogP contribution in [0.3, 0.4) is 0 Å². The molecule has 0 saturated heterocycles. The summed E-state index contributed by atoms with van der Waals surface area (Å²) >= 11 is 0. The van der Waals surface area contributed by atoms with E-state index in [1.54, 1.807) is 12.7 Å². The van der Waals surface area contributed by atoms with Gasteiger partial charge in [-0.3, -0.25) is 4.98 Å². The van der Waals surface area contributed by atoms with Crippen molar-refractivity contribution < 1.29 is 0 Å². The van der Waals surface area contributed by atoms with E-state index in [2.05, 4.69) is 116 Å². The maximum absolute atomic E-state index is 4.62. The Bertz CT molecular complexity index is 2430. The van der Waals surface area contributed by atoms with Crippen LogP contribution in [-0.4, -0.2) is 24.9 Å². The molecule has 0 amide bonds. The van der Waals surface area contributed by atoms with Crippen LogP contribution in [0.5, 0.6) is 0 Å². The van der Waals surface area contributed by atoms with E-state index in [0.29, 0.717) is 0 Å². The molecule has 5 nitrogen and oxygen atoms in total. The van der Waals surface area contributed by atoms with Crippen molar-refractivity contribution in [1.82, 2.24) is 24.9 Å². The summed E-state index contributed by atoms with van der Waals surface area (Å²) in [7, 11) is 0. The molecular formula is C39H23N5. The van der Waals surface area contributed by atoms with Gasteiger partial charge >= 0.3 is 0 Å². The van der Waals surface area contributed by atoms with Gasteiger partial charge in [-0.05, 0) is 96.0 Å². The van der Waals surface area contributed by atoms with Crippen LogP contribution in [0.2, 0.25) is 0 Å². The number of fused-ring (bicyclic) bond motifs is 1. The second-order valence-electron chi connectivity index (χ2n) is 11.1. The molecule has 0 aliphatic heterocycles. The van der Waals surface area contributed by atoms with Gasteiger partial charge in [0, 0.05) is 47.5 Å². The highest BCUT2D eigenvalue weighted by Crippen LogP contribution is 2.44. The fraction of sp³-hybridized carbons (Fsp3) is 0. The summed E-state index contributed by atoms with van der Waals surface area (Å²) in [6, 6.07) is 35.2. The Labute approximate surface area is 252 Å². The molecule has 0 aliphatic rings. The normalized spacial score (nSPS) is 11.6. The van der Waals surface area contributed by atoms with Gasteiger partial charge in [-0.2, -0.15) is 0 Å². The maximum Gasteiger partial charge on any atom is 0.115 e. The molecule has 9 rings (SSSR count). The molecule has 0 aliphatic carbocycles. The SMILES string of the molecule is c1cc(-c2ccc3ccc4c(-c5cc(-c6cncnc6)cc(-c6cncnc6)c5)ccc5ccc2c3c54)c2cccnc2c1. The third-order valence-electron chi connectivity index (χ3n) is 8.63. The predicted octanol–water partition coefficient (Wildman–Crippen LogP) is 9.38. The van der Waals surface area contributed by atoms with E-state index >= 15 is 0 Å². The fourth-order valence-electron chi connectivity index (χ4n) is 6.64. The van der Waals surface area contributed by atoms with Gasteiger partial charge in [-0.15, -0.1) is 0 Å². The first-order valence-corrected chi connectivity index (χ1v) is 14.5. The Morgan fingerprint density at radius 2 is 0.932 bits per heavy atom. The smallest absolute Gasteiger partial charge is 0.115 e. The molecule has 0 radical (unpaired) electrons. The molecule has 5 heteroatoms. The maximum atomic E-state index is 4.62. The molecule has 9 aromatic rings. The van der Waals surface area contributed by atoms with Gasteiger partial charge in [0.2, 0.25) is 0 Å². The molecule has 0 atom stereocenters. The van der Waals surface area contributed by atoms with Crippen molar-refractivity contribution in [3.8, 4) is 44.5 Å². The van der Waals surface area contributed by atoms with Crippen molar-refractivity contribution in [2.75, 3.05) is 0 Å². The molecule has 3 aromatic heterocycles. The van der Waals surface area contributed by atoms with Gasteiger partial charge in [-0.1, -0.05) is 66.7 Å². The first kappa shape index (κ1) is 24.5. The van der Waals surface area contributed by atoms with E-state index in [4.69, 9.17) is 0 Å². The van der Waals surface area contributed by atoms with Gasteiger partial charge < -0.3 is 0 Å². The predicted molar refractivity (Wildman–Crippen MR) is 178 cm³/mol. The number of hydrogen-bond donors (Lipinski definition) is 0. The molecule has 44 heavy (non-hydrogen) atoms. The molecule has 3 heterocycles. The molecule has 0 unspecified atom stereocenters. The van der Waals surface area contributed by atoms with Crippen LogP contribution in [0.15, 0.2) is 141 Å². The number of benzene rings is 6. The average molecular weight is 562 g/mol. The quantitative estimate of drug-likeness (QED) is 0.200. The zero-order valence-electron chi connectivity index (χ0n) is 23.5. The standard InChI is InChI=1S/C39H23N5/c1-3-32(34-4-2-14-44-37(34)5-1)33-11-7-25-8-12-35-31(10-6-24-9-13-36(33)39(25)38(24)35)28-16-26(29-18-40-22-41-19-29)15-27(17-28)30-20-42-23-43-21-30/h1-23H. The molecule has 0 N–H and O–H groups in total. The van der Waals surface area contributed by atoms with E-state index in [-0.39, 0.29) is 0 Å². The lowest BCUT2D eigenvalue weighted by atomic mass is 9.86. The molecule has 0 saturated carbocycles. The zero-order valence-corrected chi connectivity index (χ0v) is 23.5. The van der Waals surface area contributed by atoms with Gasteiger partial charge in [-0.25, -0.2) is 19.9 Å². The molecular weight excluding hydrogens is 538 g/mol. The molecule has 0 fully saturated rings. The van der Waals surface area contributed by atoms with Gasteiger partial charge in [0.15, 0.2) is 0 Å². The lowest BCUT2D eigenvalue weighted by Gasteiger charge is -2.18. The highest BCUT2D eigenvalue weighted by Gasteiger charge is 2.17. The zero-order chi connectivity index (χ0) is 29.0. The minimum Gasteiger partial charge on any atom is -0.256 e. The summed E-state index contributed by atoms with van der Waals surface area (Å²) < 4.78 is 0. The minimum absolute atomic E-state index is 0.958. The second kappa shape index (κ2) is 9.75. The topological polar surface area (TPSA) is 64.5 Å². The van der Waals surface area contributed by atoms with Crippen molar-refractivity contribution in [2.24, 2.45) is 0 Å². The second-order valence-corrected chi connectivity index (χ2v) is 11.1. The van der Waals surface area contributed by atoms with Gasteiger partial charge in [0.05, 0.1) is 5.52 Å². The highest BCUT2D eigenvalue weighted by atomic mass is 14.8. The Balaban J connectivity index is 1.32. The molecule has 0 spiro atoms. The average Bonchev–Trinajstić information content (AvgIpc) is 3.11. The summed E-state index contributed by atoms with van der Waals surface area (Å²) in [6.07, 6.45) is 12.4. The van der Waals surface area contributed by atoms with Crippen molar-refractivity contribution in [3.05, 3.63) is 141 Å². The van der Waals surface area contributed by atoms with Gasteiger partial charge in [0.1, 0.15) is 12.7 Å². The van der Waals surface area contributed by atoms with E-state index < -0.39 is 0 Å². The molecule has 0 bridgehead atoms. The molecule has 204 valence electrons. The molecule has 6 aromatic carbocycles. The van der Waals surface area contributed by atoms with E-state index in [1.165, 1.54) is 49.0 Å². The first-order chi connectivity index (χ1) is 21.8. The van der Waals surface area contributed by atoms with Crippen LogP contribution in [0.1, 0.15) is 0 Å². The van der Waals surface area contributed by atoms with E-state index in [9.17, 15) is 0 Å². The largest absolute Gasteiger partial charge is 0.256 e. The van der Waals surface area contributed by atoms with Crippen LogP contribution in [0.25, 0.3) is 87.7 Å². The summed E-state index contributed by atoms with van der Waals surface area (Å²) in [5.74, 6) is 0. The lowest BCUT2D eigenvalue weighted by Crippen LogP contribution is -1.92. The van der Waals surface area contributed by atoms with Crippen LogP contribution in [-0.2, 0) is 0 Å². The van der Waals surface area contributed by atoms with E-state index in [0.717, 1.165) is 38.7 Å². The van der Waals surface area contributed by atoms with Crippen molar-refractivity contribution in [1.29, 1.82) is 0 Å². The Hall–Kier alpha value is -6.07. The fourth-order valence-corrected chi connectivity index (χ4v) is 6.64. The Morgan fingerprint density at radius 3 is 1.59 bits per heavy atom. The van der Waals surface area contributed by atoms with E-state index in [1.807, 2.05) is 37.1 Å². The summed E-state index contributed by atoms with van der Waals surface area (Å²) in [5, 5.41) is 8.63. The van der Waals surface area contributed by atoms with Crippen LogP contribution >= 0.6 is 0 Å². The third kappa shape index (κ3) is 3.83. The lowest BCUT2D eigenvalue weighted by molar-refractivity contribution is 1.17. The summed E-state index contributed by atoms with van der Waals surface area (Å²) in [4.78, 5) is 21.8. The highest BCUT2D eigenvalue weighted by molar-refractivity contribution is 6.28. The number of rotatable bonds is 4. The van der Waals surface area contributed by atoms with Gasteiger partial charge in [0.25, 0.3) is 0 Å².